The molecule has 5 heteroatoms. The van der Waals surface area contributed by atoms with Crippen LogP contribution in [0.4, 0.5) is 11.4 Å². The van der Waals surface area contributed by atoms with Crippen molar-refractivity contribution < 1.29 is 9.53 Å². The number of anilines is 2. The van der Waals surface area contributed by atoms with Crippen molar-refractivity contribution in [3.63, 3.8) is 0 Å². The van der Waals surface area contributed by atoms with E-state index in [1.165, 1.54) is 5.56 Å². The summed E-state index contributed by atoms with van der Waals surface area (Å²) in [6, 6.07) is 5.85. The van der Waals surface area contributed by atoms with Gasteiger partial charge < -0.3 is 20.7 Å². The van der Waals surface area contributed by atoms with Gasteiger partial charge in [0.25, 0.3) is 0 Å². The van der Waals surface area contributed by atoms with Crippen LogP contribution < -0.4 is 16.0 Å². The predicted octanol–water partition coefficient (Wildman–Crippen LogP) is 0.394. The number of hydrogen-bond donors (Lipinski definition) is 2. The van der Waals surface area contributed by atoms with E-state index in [1.807, 2.05) is 18.2 Å². The van der Waals surface area contributed by atoms with Gasteiger partial charge in [-0.1, -0.05) is 0 Å². The summed E-state index contributed by atoms with van der Waals surface area (Å²) in [5.74, 6) is 0.0247. The Balaban J connectivity index is 1.91. The lowest BCUT2D eigenvalue weighted by Crippen LogP contribution is -2.37. The number of hydrogen-bond acceptors (Lipinski definition) is 4. The number of methoxy groups -OCH3 is 1. The number of nitrogens with one attached hydrogen (secondary N) is 1. The molecule has 0 aromatic heterocycles. The quantitative estimate of drug-likeness (QED) is 0.585. The molecular formula is C13H19N3O2. The molecular weight excluding hydrogens is 230 g/mol. The maximum Gasteiger partial charge on any atom is 0.239 e. The summed E-state index contributed by atoms with van der Waals surface area (Å²) in [6.07, 6.45) is 0.950. The van der Waals surface area contributed by atoms with Crippen molar-refractivity contribution in [3.8, 4) is 0 Å². The van der Waals surface area contributed by atoms with Crippen LogP contribution in [-0.4, -0.2) is 39.3 Å². The second kappa shape index (κ2) is 5.73. The van der Waals surface area contributed by atoms with Gasteiger partial charge in [0, 0.05) is 31.6 Å². The summed E-state index contributed by atoms with van der Waals surface area (Å²) >= 11 is 0. The molecule has 1 aromatic carbocycles. The van der Waals surface area contributed by atoms with Crippen molar-refractivity contribution in [1.29, 1.82) is 0 Å². The topological polar surface area (TPSA) is 67.6 Å². The molecule has 0 radical (unpaired) electrons. The number of nitrogens with two attached hydrogens (primary N) is 1. The van der Waals surface area contributed by atoms with Gasteiger partial charge in [0.15, 0.2) is 0 Å². The number of nitrogens with zero attached hydrogens (tertiary/aromatic N) is 1. The Labute approximate surface area is 107 Å². The Morgan fingerprint density at radius 1 is 1.56 bits per heavy atom. The minimum Gasteiger partial charge on any atom is -0.399 e. The van der Waals surface area contributed by atoms with Crippen LogP contribution in [0.5, 0.6) is 0 Å². The summed E-state index contributed by atoms with van der Waals surface area (Å²) in [6.45, 7) is 2.35. The molecule has 3 N–H and O–H groups in total. The van der Waals surface area contributed by atoms with Crippen molar-refractivity contribution in [3.05, 3.63) is 23.8 Å². The molecule has 0 saturated heterocycles. The molecule has 0 spiro atoms. The zero-order valence-corrected chi connectivity index (χ0v) is 10.6. The SMILES string of the molecule is COCCNC(=O)CN1CCc2cc(N)ccc21. The van der Waals surface area contributed by atoms with E-state index in [9.17, 15) is 4.79 Å². The largest absolute Gasteiger partial charge is 0.399 e. The van der Waals surface area contributed by atoms with Gasteiger partial charge in [-0.2, -0.15) is 0 Å². The Bertz CT molecular complexity index is 434. The highest BCUT2D eigenvalue weighted by Crippen LogP contribution is 2.29. The van der Waals surface area contributed by atoms with Crippen molar-refractivity contribution >= 4 is 17.3 Å². The number of amides is 1. The summed E-state index contributed by atoms with van der Waals surface area (Å²) in [5, 5.41) is 2.82. The second-order valence-electron chi connectivity index (χ2n) is 4.40. The molecule has 0 unspecified atom stereocenters. The fourth-order valence-electron chi connectivity index (χ4n) is 2.18. The van der Waals surface area contributed by atoms with Crippen LogP contribution in [0.25, 0.3) is 0 Å². The lowest BCUT2D eigenvalue weighted by Gasteiger charge is -2.18. The highest BCUT2D eigenvalue weighted by atomic mass is 16.5. The molecule has 2 rings (SSSR count). The molecule has 0 bridgehead atoms. The van der Waals surface area contributed by atoms with E-state index in [4.69, 9.17) is 10.5 Å². The normalized spacial score (nSPS) is 13.5. The van der Waals surface area contributed by atoms with Crippen LogP contribution in [0.2, 0.25) is 0 Å². The van der Waals surface area contributed by atoms with Gasteiger partial charge in [-0.15, -0.1) is 0 Å². The zero-order chi connectivity index (χ0) is 13.0. The van der Waals surface area contributed by atoms with E-state index in [0.29, 0.717) is 19.7 Å². The fraction of sp³-hybridized carbons (Fsp3) is 0.462. The van der Waals surface area contributed by atoms with Gasteiger partial charge in [-0.25, -0.2) is 0 Å². The highest BCUT2D eigenvalue weighted by Gasteiger charge is 2.20. The van der Waals surface area contributed by atoms with E-state index in [-0.39, 0.29) is 5.91 Å². The molecule has 1 aliphatic heterocycles. The number of carbonyl (C=O) groups excluding carboxylic acids is 1. The van der Waals surface area contributed by atoms with Gasteiger partial charge >= 0.3 is 0 Å². The molecule has 18 heavy (non-hydrogen) atoms. The number of benzene rings is 1. The van der Waals surface area contributed by atoms with Crippen LogP contribution in [0, 0.1) is 0 Å². The van der Waals surface area contributed by atoms with Gasteiger partial charge in [-0.05, 0) is 30.2 Å². The summed E-state index contributed by atoms with van der Waals surface area (Å²) < 4.78 is 4.89. The van der Waals surface area contributed by atoms with Crippen molar-refractivity contribution in [1.82, 2.24) is 5.32 Å². The van der Waals surface area contributed by atoms with E-state index in [2.05, 4.69) is 10.2 Å². The summed E-state index contributed by atoms with van der Waals surface area (Å²) in [5.41, 5.74) is 8.86. The Hall–Kier alpha value is -1.75. The first-order chi connectivity index (χ1) is 8.70. The number of rotatable bonds is 5. The van der Waals surface area contributed by atoms with Crippen LogP contribution in [-0.2, 0) is 16.0 Å². The lowest BCUT2D eigenvalue weighted by molar-refractivity contribution is -0.119. The molecule has 1 heterocycles. The lowest BCUT2D eigenvalue weighted by atomic mass is 10.1. The third kappa shape index (κ3) is 2.92. The average Bonchev–Trinajstić information content (AvgIpc) is 2.72. The fourth-order valence-corrected chi connectivity index (χ4v) is 2.18. The van der Waals surface area contributed by atoms with E-state index < -0.39 is 0 Å². The van der Waals surface area contributed by atoms with Crippen molar-refractivity contribution in [2.45, 2.75) is 6.42 Å². The first-order valence-corrected chi connectivity index (χ1v) is 6.09. The molecule has 0 saturated carbocycles. The van der Waals surface area contributed by atoms with E-state index in [1.54, 1.807) is 7.11 Å². The minimum atomic E-state index is 0.0247. The maximum atomic E-state index is 11.7. The molecule has 0 aliphatic carbocycles. The number of fused-ring (bicyclic) bond motifs is 1. The first kappa shape index (κ1) is 12.7. The van der Waals surface area contributed by atoms with Gasteiger partial charge in [0.1, 0.15) is 0 Å². The third-order valence-corrected chi connectivity index (χ3v) is 3.06. The second-order valence-corrected chi connectivity index (χ2v) is 4.40. The van der Waals surface area contributed by atoms with E-state index in [0.717, 1.165) is 24.3 Å². The number of carbonyl (C=O) groups is 1. The molecule has 0 atom stereocenters. The van der Waals surface area contributed by atoms with Crippen LogP contribution in [0.1, 0.15) is 5.56 Å². The first-order valence-electron chi connectivity index (χ1n) is 6.09. The highest BCUT2D eigenvalue weighted by molar-refractivity contribution is 5.82. The van der Waals surface area contributed by atoms with Crippen LogP contribution in [0.15, 0.2) is 18.2 Å². The molecule has 1 amide bonds. The van der Waals surface area contributed by atoms with E-state index >= 15 is 0 Å². The molecule has 0 fully saturated rings. The molecule has 1 aliphatic rings. The maximum absolute atomic E-state index is 11.7. The van der Waals surface area contributed by atoms with Gasteiger partial charge in [-0.3, -0.25) is 4.79 Å². The van der Waals surface area contributed by atoms with Crippen LogP contribution in [0.3, 0.4) is 0 Å². The monoisotopic (exact) mass is 249 g/mol. The number of nitrogen functional groups attached to an aromatic ring is 1. The molecule has 5 nitrogen and oxygen atoms in total. The Kier molecular flexibility index (Phi) is 4.04. The Morgan fingerprint density at radius 3 is 3.17 bits per heavy atom. The number of ether oxygens (including phenoxy) is 1. The van der Waals surface area contributed by atoms with Crippen molar-refractivity contribution in [2.75, 3.05) is 44.0 Å². The third-order valence-electron chi connectivity index (χ3n) is 3.06. The van der Waals surface area contributed by atoms with Crippen LogP contribution >= 0.6 is 0 Å². The summed E-state index contributed by atoms with van der Waals surface area (Å²) in [7, 11) is 1.62. The zero-order valence-electron chi connectivity index (χ0n) is 10.6. The smallest absolute Gasteiger partial charge is 0.239 e. The van der Waals surface area contributed by atoms with Gasteiger partial charge in [0.2, 0.25) is 5.91 Å². The molecule has 98 valence electrons. The predicted molar refractivity (Wildman–Crippen MR) is 71.7 cm³/mol. The summed E-state index contributed by atoms with van der Waals surface area (Å²) in [4.78, 5) is 13.8. The molecule has 1 aromatic rings. The Morgan fingerprint density at radius 2 is 2.39 bits per heavy atom. The standard InChI is InChI=1S/C13H19N3O2/c1-18-7-5-15-13(17)9-16-6-4-10-8-11(14)2-3-12(10)16/h2-3,8H,4-7,9,14H2,1H3,(H,15,17). The average molecular weight is 249 g/mol. The minimum absolute atomic E-state index is 0.0247. The van der Waals surface area contributed by atoms with Crippen molar-refractivity contribution in [2.24, 2.45) is 0 Å². The van der Waals surface area contributed by atoms with Gasteiger partial charge in [0.05, 0.1) is 13.2 Å².